The lowest BCUT2D eigenvalue weighted by atomic mass is 10.2. The average molecular weight is 235 g/mol. The summed E-state index contributed by atoms with van der Waals surface area (Å²) in [5, 5.41) is 8.53. The molecular formula is C10H21NO3S. The fraction of sp³-hybridized carbons (Fsp3) is 0.900. The maximum absolute atomic E-state index is 10.4. The minimum Gasteiger partial charge on any atom is -0.480 e. The van der Waals surface area contributed by atoms with Crippen LogP contribution in [0.2, 0.25) is 0 Å². The van der Waals surface area contributed by atoms with Crippen LogP contribution in [-0.4, -0.2) is 40.8 Å². The molecule has 1 unspecified atom stereocenters. The van der Waals surface area contributed by atoms with Crippen LogP contribution in [0, 0.1) is 0 Å². The van der Waals surface area contributed by atoms with Gasteiger partial charge >= 0.3 is 5.97 Å². The number of thioether (sulfide) groups is 1. The van der Waals surface area contributed by atoms with Crippen molar-refractivity contribution in [1.82, 2.24) is 0 Å². The first-order chi connectivity index (χ1) is 6.83. The largest absolute Gasteiger partial charge is 0.480 e. The van der Waals surface area contributed by atoms with Crippen LogP contribution in [0.25, 0.3) is 0 Å². The highest BCUT2D eigenvalue weighted by molar-refractivity contribution is 7.99. The Morgan fingerprint density at radius 3 is 2.53 bits per heavy atom. The average Bonchev–Trinajstić information content (AvgIpc) is 2.08. The monoisotopic (exact) mass is 235 g/mol. The predicted molar refractivity (Wildman–Crippen MR) is 63.3 cm³/mol. The van der Waals surface area contributed by atoms with Crippen molar-refractivity contribution in [2.75, 3.05) is 18.1 Å². The highest BCUT2D eigenvalue weighted by Crippen LogP contribution is 2.09. The van der Waals surface area contributed by atoms with Crippen LogP contribution >= 0.6 is 11.8 Å². The molecule has 0 rings (SSSR count). The van der Waals surface area contributed by atoms with Crippen molar-refractivity contribution in [3.8, 4) is 0 Å². The Morgan fingerprint density at radius 2 is 2.07 bits per heavy atom. The second-order valence-corrected chi connectivity index (χ2v) is 5.53. The predicted octanol–water partition coefficient (Wildman–Crippen LogP) is 1.34. The number of rotatable bonds is 7. The highest BCUT2D eigenvalue weighted by atomic mass is 32.2. The Balaban J connectivity index is 3.29. The van der Waals surface area contributed by atoms with Crippen molar-refractivity contribution in [2.45, 2.75) is 38.8 Å². The lowest BCUT2D eigenvalue weighted by molar-refractivity contribution is -0.138. The van der Waals surface area contributed by atoms with Crippen molar-refractivity contribution in [2.24, 2.45) is 5.73 Å². The summed E-state index contributed by atoms with van der Waals surface area (Å²) in [6.07, 6.45) is 0.509. The van der Waals surface area contributed by atoms with E-state index in [-0.39, 0.29) is 5.60 Å². The topological polar surface area (TPSA) is 72.5 Å². The van der Waals surface area contributed by atoms with E-state index in [1.54, 1.807) is 11.8 Å². The number of nitrogens with two attached hydrogens (primary N) is 1. The Hall–Kier alpha value is -0.260. The molecule has 0 radical (unpaired) electrons. The molecule has 0 aliphatic rings. The molecule has 0 spiro atoms. The Bertz CT molecular complexity index is 192. The molecule has 0 fully saturated rings. The molecule has 0 aliphatic heterocycles. The summed E-state index contributed by atoms with van der Waals surface area (Å²) in [6, 6.07) is -0.735. The molecule has 0 aliphatic carbocycles. The minimum atomic E-state index is -0.929. The van der Waals surface area contributed by atoms with Gasteiger partial charge in [-0.1, -0.05) is 0 Å². The van der Waals surface area contributed by atoms with E-state index in [1.165, 1.54) is 0 Å². The molecule has 0 aromatic heterocycles. The Labute approximate surface area is 95.6 Å². The van der Waals surface area contributed by atoms with Gasteiger partial charge in [-0.05, 0) is 32.9 Å². The summed E-state index contributed by atoms with van der Waals surface area (Å²) >= 11 is 1.67. The van der Waals surface area contributed by atoms with E-state index in [4.69, 9.17) is 15.6 Å². The van der Waals surface area contributed by atoms with E-state index in [1.807, 2.05) is 20.8 Å². The molecule has 4 nitrogen and oxygen atoms in total. The van der Waals surface area contributed by atoms with Gasteiger partial charge in [0.2, 0.25) is 0 Å². The third-order valence-electron chi connectivity index (χ3n) is 1.65. The zero-order valence-electron chi connectivity index (χ0n) is 9.66. The van der Waals surface area contributed by atoms with E-state index in [2.05, 4.69) is 0 Å². The van der Waals surface area contributed by atoms with Gasteiger partial charge in [0.1, 0.15) is 6.04 Å². The van der Waals surface area contributed by atoms with E-state index in [0.29, 0.717) is 13.0 Å². The van der Waals surface area contributed by atoms with Gasteiger partial charge in [-0.25, -0.2) is 0 Å². The van der Waals surface area contributed by atoms with E-state index >= 15 is 0 Å². The smallest absolute Gasteiger partial charge is 0.320 e. The second kappa shape index (κ2) is 7.09. The van der Waals surface area contributed by atoms with Gasteiger partial charge in [-0.2, -0.15) is 11.8 Å². The van der Waals surface area contributed by atoms with Crippen molar-refractivity contribution in [3.05, 3.63) is 0 Å². The van der Waals surface area contributed by atoms with Crippen molar-refractivity contribution in [1.29, 1.82) is 0 Å². The van der Waals surface area contributed by atoms with Crippen LogP contribution in [0.5, 0.6) is 0 Å². The van der Waals surface area contributed by atoms with E-state index < -0.39 is 12.0 Å². The quantitative estimate of drug-likeness (QED) is 0.651. The SMILES string of the molecule is CC(C)(C)OCCSCCC(N)C(=O)O. The summed E-state index contributed by atoms with van der Waals surface area (Å²) in [4.78, 5) is 10.4. The number of ether oxygens (including phenoxy) is 1. The molecule has 5 heteroatoms. The van der Waals surface area contributed by atoms with Crippen molar-refractivity contribution in [3.63, 3.8) is 0 Å². The first-order valence-electron chi connectivity index (χ1n) is 5.03. The molecule has 1 atom stereocenters. The van der Waals surface area contributed by atoms with Crippen LogP contribution < -0.4 is 5.73 Å². The molecule has 15 heavy (non-hydrogen) atoms. The van der Waals surface area contributed by atoms with Crippen LogP contribution in [0.3, 0.4) is 0 Å². The summed E-state index contributed by atoms with van der Waals surface area (Å²) < 4.78 is 5.52. The van der Waals surface area contributed by atoms with Gasteiger partial charge in [0.25, 0.3) is 0 Å². The summed E-state index contributed by atoms with van der Waals surface area (Å²) in [7, 11) is 0. The van der Waals surface area contributed by atoms with Crippen LogP contribution in [-0.2, 0) is 9.53 Å². The minimum absolute atomic E-state index is 0.0992. The fourth-order valence-electron chi connectivity index (χ4n) is 0.843. The van der Waals surface area contributed by atoms with E-state index in [9.17, 15) is 4.79 Å². The molecule has 0 saturated heterocycles. The third-order valence-corrected chi connectivity index (χ3v) is 2.63. The standard InChI is InChI=1S/C10H21NO3S/c1-10(2,3)14-5-7-15-6-4-8(11)9(12)13/h8H,4-7,11H2,1-3H3,(H,12,13). The maximum atomic E-state index is 10.4. The van der Waals surface area contributed by atoms with Gasteiger partial charge in [0.15, 0.2) is 0 Å². The molecule has 0 heterocycles. The number of carbonyl (C=O) groups is 1. The van der Waals surface area contributed by atoms with Crippen molar-refractivity contribution >= 4 is 17.7 Å². The molecule has 0 amide bonds. The summed E-state index contributed by atoms with van der Waals surface area (Å²) in [5.41, 5.74) is 5.26. The summed E-state index contributed by atoms with van der Waals surface area (Å²) in [5.74, 6) is 0.714. The number of hydrogen-bond donors (Lipinski definition) is 2. The van der Waals surface area contributed by atoms with Crippen LogP contribution in [0.4, 0.5) is 0 Å². The Kier molecular flexibility index (Phi) is 6.96. The van der Waals surface area contributed by atoms with Gasteiger partial charge < -0.3 is 15.6 Å². The molecular weight excluding hydrogens is 214 g/mol. The Morgan fingerprint density at radius 1 is 1.47 bits per heavy atom. The van der Waals surface area contributed by atoms with Gasteiger partial charge in [-0.3, -0.25) is 4.79 Å². The van der Waals surface area contributed by atoms with Crippen LogP contribution in [0.1, 0.15) is 27.2 Å². The summed E-state index contributed by atoms with van der Waals surface area (Å²) in [6.45, 7) is 6.73. The highest BCUT2D eigenvalue weighted by Gasteiger charge is 2.11. The third kappa shape index (κ3) is 10.0. The van der Waals surface area contributed by atoms with Gasteiger partial charge in [0, 0.05) is 5.75 Å². The van der Waals surface area contributed by atoms with Crippen LogP contribution in [0.15, 0.2) is 0 Å². The zero-order valence-corrected chi connectivity index (χ0v) is 10.5. The maximum Gasteiger partial charge on any atom is 0.320 e. The lowest BCUT2D eigenvalue weighted by Crippen LogP contribution is -2.30. The molecule has 0 aromatic rings. The van der Waals surface area contributed by atoms with Crippen molar-refractivity contribution < 1.29 is 14.6 Å². The molecule has 0 aromatic carbocycles. The normalized spacial score (nSPS) is 13.9. The van der Waals surface area contributed by atoms with Gasteiger partial charge in [-0.15, -0.1) is 0 Å². The number of aliphatic carboxylic acids is 1. The van der Waals surface area contributed by atoms with E-state index in [0.717, 1.165) is 11.5 Å². The molecule has 0 saturated carbocycles. The second-order valence-electron chi connectivity index (χ2n) is 4.31. The number of carboxylic acids is 1. The molecule has 90 valence electrons. The zero-order chi connectivity index (χ0) is 11.9. The fourth-order valence-corrected chi connectivity index (χ4v) is 1.67. The first kappa shape index (κ1) is 14.7. The lowest BCUT2D eigenvalue weighted by Gasteiger charge is -2.19. The molecule has 0 bridgehead atoms. The first-order valence-corrected chi connectivity index (χ1v) is 6.18. The number of carboxylic acid groups (broad SMARTS) is 1. The number of hydrogen-bond acceptors (Lipinski definition) is 4. The van der Waals surface area contributed by atoms with Gasteiger partial charge in [0.05, 0.1) is 12.2 Å². The molecule has 3 N–H and O–H groups in total.